The van der Waals surface area contributed by atoms with E-state index in [2.05, 4.69) is 5.32 Å². The molecule has 114 valence electrons. The number of carbonyl (C=O) groups excluding carboxylic acids is 1. The minimum absolute atomic E-state index is 0.107. The Morgan fingerprint density at radius 2 is 2.29 bits per heavy atom. The van der Waals surface area contributed by atoms with Crippen molar-refractivity contribution < 1.29 is 24.2 Å². The zero-order valence-electron chi connectivity index (χ0n) is 11.3. The molecular weight excluding hydrogens is 298 g/mol. The first-order valence-electron chi connectivity index (χ1n) is 6.59. The maximum absolute atomic E-state index is 12.0. The zero-order chi connectivity index (χ0) is 15.2. The molecule has 0 spiro atoms. The fraction of sp³-hybridized carbons (Fsp3) is 0.429. The molecule has 0 radical (unpaired) electrons. The standard InChI is InChI=1S/C14H16ClNO5/c15-11-6-10(3-4-12(11)21-8-13(17)18)16-14(19)9-2-1-5-20-7-9/h3-4,6,9H,1-2,5,7-8H2,(H,16,19)(H,17,18). The normalized spacial score (nSPS) is 18.0. The van der Waals surface area contributed by atoms with Gasteiger partial charge in [0.2, 0.25) is 5.91 Å². The first-order valence-corrected chi connectivity index (χ1v) is 6.97. The number of rotatable bonds is 5. The Bertz CT molecular complexity index is 528. The van der Waals surface area contributed by atoms with Gasteiger partial charge in [-0.3, -0.25) is 4.79 Å². The Labute approximate surface area is 127 Å². The van der Waals surface area contributed by atoms with Crippen molar-refractivity contribution in [2.24, 2.45) is 5.92 Å². The van der Waals surface area contributed by atoms with Crippen LogP contribution in [0, 0.1) is 5.92 Å². The molecular formula is C14H16ClNO5. The molecule has 1 amide bonds. The fourth-order valence-corrected chi connectivity index (χ4v) is 2.26. The van der Waals surface area contributed by atoms with Crippen LogP contribution in [0.25, 0.3) is 0 Å². The van der Waals surface area contributed by atoms with Gasteiger partial charge in [0.1, 0.15) is 5.75 Å². The summed E-state index contributed by atoms with van der Waals surface area (Å²) in [5.41, 5.74) is 0.540. The van der Waals surface area contributed by atoms with E-state index in [1.165, 1.54) is 12.1 Å². The number of carbonyl (C=O) groups is 2. The fourth-order valence-electron chi connectivity index (χ4n) is 2.03. The van der Waals surface area contributed by atoms with Crippen LogP contribution in [0.2, 0.25) is 5.02 Å². The minimum atomic E-state index is -1.08. The highest BCUT2D eigenvalue weighted by atomic mass is 35.5. The highest BCUT2D eigenvalue weighted by Gasteiger charge is 2.21. The van der Waals surface area contributed by atoms with E-state index in [0.29, 0.717) is 18.9 Å². The van der Waals surface area contributed by atoms with Gasteiger partial charge in [-0.25, -0.2) is 4.79 Å². The second-order valence-corrected chi connectivity index (χ2v) is 5.14. The number of ether oxygens (including phenoxy) is 2. The van der Waals surface area contributed by atoms with E-state index < -0.39 is 12.6 Å². The lowest BCUT2D eigenvalue weighted by Crippen LogP contribution is -2.30. The monoisotopic (exact) mass is 313 g/mol. The second-order valence-electron chi connectivity index (χ2n) is 4.73. The maximum atomic E-state index is 12.0. The smallest absolute Gasteiger partial charge is 0.341 e. The van der Waals surface area contributed by atoms with E-state index in [4.69, 9.17) is 26.2 Å². The van der Waals surface area contributed by atoms with E-state index in [-0.39, 0.29) is 22.6 Å². The number of hydrogen-bond acceptors (Lipinski definition) is 4. The van der Waals surface area contributed by atoms with Gasteiger partial charge in [0.25, 0.3) is 0 Å². The quantitative estimate of drug-likeness (QED) is 0.870. The van der Waals surface area contributed by atoms with Gasteiger partial charge in [-0.05, 0) is 31.0 Å². The molecule has 21 heavy (non-hydrogen) atoms. The Kier molecular flexibility index (Phi) is 5.41. The van der Waals surface area contributed by atoms with E-state index in [1.54, 1.807) is 6.07 Å². The number of nitrogens with one attached hydrogen (secondary N) is 1. The number of aliphatic carboxylic acids is 1. The van der Waals surface area contributed by atoms with E-state index in [9.17, 15) is 9.59 Å². The molecule has 0 saturated carbocycles. The lowest BCUT2D eigenvalue weighted by Gasteiger charge is -2.21. The van der Waals surface area contributed by atoms with Crippen LogP contribution in [0.1, 0.15) is 12.8 Å². The summed E-state index contributed by atoms with van der Waals surface area (Å²) >= 11 is 5.99. The molecule has 6 nitrogen and oxygen atoms in total. The predicted octanol–water partition coefficient (Wildman–Crippen LogP) is 2.17. The molecule has 7 heteroatoms. The van der Waals surface area contributed by atoms with Crippen molar-refractivity contribution in [1.82, 2.24) is 0 Å². The van der Waals surface area contributed by atoms with Gasteiger partial charge < -0.3 is 19.9 Å². The van der Waals surface area contributed by atoms with Crippen molar-refractivity contribution >= 4 is 29.2 Å². The van der Waals surface area contributed by atoms with Crippen molar-refractivity contribution in [3.63, 3.8) is 0 Å². The van der Waals surface area contributed by atoms with Crippen LogP contribution in [0.3, 0.4) is 0 Å². The Morgan fingerprint density at radius 1 is 1.48 bits per heavy atom. The molecule has 0 aromatic heterocycles. The summed E-state index contributed by atoms with van der Waals surface area (Å²) in [5, 5.41) is 11.6. The number of hydrogen-bond donors (Lipinski definition) is 2. The molecule has 1 heterocycles. The van der Waals surface area contributed by atoms with Crippen LogP contribution in [0.15, 0.2) is 18.2 Å². The summed E-state index contributed by atoms with van der Waals surface area (Å²) in [4.78, 5) is 22.5. The molecule has 1 aliphatic rings. The van der Waals surface area contributed by atoms with Crippen molar-refractivity contribution in [2.75, 3.05) is 25.1 Å². The zero-order valence-corrected chi connectivity index (χ0v) is 12.1. The molecule has 1 unspecified atom stereocenters. The SMILES string of the molecule is O=C(O)COc1ccc(NC(=O)C2CCCOC2)cc1Cl. The Balaban J connectivity index is 1.95. The molecule has 1 aromatic rings. The van der Waals surface area contributed by atoms with Gasteiger partial charge in [0, 0.05) is 12.3 Å². The molecule has 2 N–H and O–H groups in total. The molecule has 2 rings (SSSR count). The van der Waals surface area contributed by atoms with Gasteiger partial charge in [-0.2, -0.15) is 0 Å². The lowest BCUT2D eigenvalue weighted by atomic mass is 10.0. The average molecular weight is 314 g/mol. The molecule has 1 aliphatic heterocycles. The predicted molar refractivity (Wildman–Crippen MR) is 76.8 cm³/mol. The third-order valence-corrected chi connectivity index (χ3v) is 3.38. The first-order chi connectivity index (χ1) is 10.1. The third-order valence-electron chi connectivity index (χ3n) is 3.08. The van der Waals surface area contributed by atoms with Crippen LogP contribution < -0.4 is 10.1 Å². The van der Waals surface area contributed by atoms with Gasteiger partial charge >= 0.3 is 5.97 Å². The van der Waals surface area contributed by atoms with Crippen LogP contribution in [-0.2, 0) is 14.3 Å². The number of benzene rings is 1. The van der Waals surface area contributed by atoms with Gasteiger partial charge in [-0.1, -0.05) is 11.6 Å². The van der Waals surface area contributed by atoms with Gasteiger partial charge in [0.05, 0.1) is 17.5 Å². The van der Waals surface area contributed by atoms with Gasteiger partial charge in [0.15, 0.2) is 6.61 Å². The Morgan fingerprint density at radius 3 is 2.90 bits per heavy atom. The van der Waals surface area contributed by atoms with Crippen LogP contribution >= 0.6 is 11.6 Å². The van der Waals surface area contributed by atoms with Crippen molar-refractivity contribution in [2.45, 2.75) is 12.8 Å². The van der Waals surface area contributed by atoms with Gasteiger partial charge in [-0.15, -0.1) is 0 Å². The summed E-state index contributed by atoms with van der Waals surface area (Å²) in [7, 11) is 0. The topological polar surface area (TPSA) is 84.9 Å². The largest absolute Gasteiger partial charge is 0.480 e. The number of halogens is 1. The van der Waals surface area contributed by atoms with E-state index in [1.807, 2.05) is 0 Å². The third kappa shape index (κ3) is 4.61. The highest BCUT2D eigenvalue weighted by molar-refractivity contribution is 6.32. The molecule has 1 fully saturated rings. The van der Waals surface area contributed by atoms with Crippen molar-refractivity contribution in [3.05, 3.63) is 23.2 Å². The number of amides is 1. The van der Waals surface area contributed by atoms with Crippen LogP contribution in [0.4, 0.5) is 5.69 Å². The maximum Gasteiger partial charge on any atom is 0.341 e. The summed E-state index contributed by atoms with van der Waals surface area (Å²) in [5.74, 6) is -1.08. The molecule has 1 aromatic carbocycles. The van der Waals surface area contributed by atoms with Crippen molar-refractivity contribution in [1.29, 1.82) is 0 Å². The first kappa shape index (κ1) is 15.6. The lowest BCUT2D eigenvalue weighted by molar-refractivity contribution is -0.139. The van der Waals surface area contributed by atoms with E-state index in [0.717, 1.165) is 12.8 Å². The molecule has 0 aliphatic carbocycles. The average Bonchev–Trinajstić information content (AvgIpc) is 2.47. The summed E-state index contributed by atoms with van der Waals surface area (Å²) in [6.45, 7) is 0.662. The molecule has 0 bridgehead atoms. The van der Waals surface area contributed by atoms with Crippen LogP contribution in [-0.4, -0.2) is 36.8 Å². The second kappa shape index (κ2) is 7.28. The molecule has 1 atom stereocenters. The Hall–Kier alpha value is -1.79. The van der Waals surface area contributed by atoms with Crippen molar-refractivity contribution in [3.8, 4) is 5.75 Å². The number of carboxylic acids is 1. The minimum Gasteiger partial charge on any atom is -0.480 e. The van der Waals surface area contributed by atoms with Crippen LogP contribution in [0.5, 0.6) is 5.75 Å². The summed E-state index contributed by atoms with van der Waals surface area (Å²) < 4.78 is 10.3. The summed E-state index contributed by atoms with van der Waals surface area (Å²) in [6.07, 6.45) is 1.68. The number of anilines is 1. The molecule has 1 saturated heterocycles. The van der Waals surface area contributed by atoms with E-state index >= 15 is 0 Å². The highest BCUT2D eigenvalue weighted by Crippen LogP contribution is 2.28. The number of carboxylic acid groups (broad SMARTS) is 1. The summed E-state index contributed by atoms with van der Waals surface area (Å²) in [6, 6.07) is 4.67.